The number of piperidine rings is 1. The topological polar surface area (TPSA) is 38.8 Å². The van der Waals surface area contributed by atoms with Crippen LogP contribution < -0.4 is 4.74 Å². The number of esters is 1. The van der Waals surface area contributed by atoms with E-state index in [0.29, 0.717) is 25.1 Å². The van der Waals surface area contributed by atoms with Crippen LogP contribution in [0.4, 0.5) is 26.3 Å². The maximum absolute atomic E-state index is 13.3. The van der Waals surface area contributed by atoms with E-state index in [4.69, 9.17) is 4.74 Å². The number of likely N-dealkylation sites (tertiary alicyclic amines) is 1. The quantitative estimate of drug-likeness (QED) is 0.167. The van der Waals surface area contributed by atoms with Gasteiger partial charge in [0.1, 0.15) is 5.75 Å². The number of halogens is 6. The highest BCUT2D eigenvalue weighted by atomic mass is 19.4. The monoisotopic (exact) mass is 621 g/mol. The zero-order chi connectivity index (χ0) is 32.1. The van der Waals surface area contributed by atoms with Gasteiger partial charge in [-0.3, -0.25) is 9.69 Å². The summed E-state index contributed by atoms with van der Waals surface area (Å²) in [6.07, 6.45) is -6.89. The number of ether oxygens (including phenoxy) is 2. The number of hydrogen-bond donors (Lipinski definition) is 0. The Morgan fingerprint density at radius 1 is 0.932 bits per heavy atom. The first-order chi connectivity index (χ1) is 20.7. The van der Waals surface area contributed by atoms with Gasteiger partial charge in [0.2, 0.25) is 0 Å². The first kappa shape index (κ1) is 33.4. The summed E-state index contributed by atoms with van der Waals surface area (Å²) in [6.45, 7) is 8.04. The third-order valence-corrected chi connectivity index (χ3v) is 7.74. The van der Waals surface area contributed by atoms with Crippen LogP contribution in [0.1, 0.15) is 74.1 Å². The van der Waals surface area contributed by atoms with Crippen molar-refractivity contribution in [3.8, 4) is 16.9 Å². The smallest absolute Gasteiger partial charge is 0.466 e. The Morgan fingerprint density at radius 3 is 2.20 bits per heavy atom. The van der Waals surface area contributed by atoms with Crippen molar-refractivity contribution in [2.45, 2.75) is 71.0 Å². The fraction of sp³-hybridized carbons (Fsp3) is 0.441. The molecule has 0 N–H and O–H groups in total. The lowest BCUT2D eigenvalue weighted by molar-refractivity contribution is -0.274. The molecule has 0 bridgehead atoms. The number of nitrogens with zero attached hydrogens (tertiary/aromatic N) is 1. The summed E-state index contributed by atoms with van der Waals surface area (Å²) in [4.78, 5) is 15.3. The van der Waals surface area contributed by atoms with Gasteiger partial charge in [-0.1, -0.05) is 56.3 Å². The van der Waals surface area contributed by atoms with Crippen LogP contribution in [0.15, 0.2) is 66.7 Å². The molecule has 3 aromatic carbocycles. The number of rotatable bonds is 10. The van der Waals surface area contributed by atoms with Gasteiger partial charge >= 0.3 is 18.5 Å². The molecule has 0 aliphatic carbocycles. The Labute approximate surface area is 254 Å². The molecule has 2 atom stereocenters. The summed E-state index contributed by atoms with van der Waals surface area (Å²) in [6, 6.07) is 16.7. The summed E-state index contributed by atoms with van der Waals surface area (Å²) in [5.74, 6) is -0.865. The number of carbonyl (C=O) groups excluding carboxylic acids is 1. The van der Waals surface area contributed by atoms with Crippen LogP contribution in [0.3, 0.4) is 0 Å². The van der Waals surface area contributed by atoms with Gasteiger partial charge in [-0.15, -0.1) is 13.2 Å². The summed E-state index contributed by atoms with van der Waals surface area (Å²) >= 11 is 0. The minimum atomic E-state index is -4.75. The zero-order valence-electron chi connectivity index (χ0n) is 25.0. The Balaban J connectivity index is 1.64. The van der Waals surface area contributed by atoms with Crippen LogP contribution in [-0.4, -0.2) is 36.9 Å². The number of carbonyl (C=O) groups is 1. The van der Waals surface area contributed by atoms with E-state index in [-0.39, 0.29) is 30.2 Å². The van der Waals surface area contributed by atoms with Gasteiger partial charge in [0.05, 0.1) is 18.1 Å². The van der Waals surface area contributed by atoms with E-state index < -0.39 is 24.0 Å². The van der Waals surface area contributed by atoms with Crippen molar-refractivity contribution < 1.29 is 40.6 Å². The van der Waals surface area contributed by atoms with Gasteiger partial charge in [0.15, 0.2) is 0 Å². The standard InChI is InChI=1S/C34H37F6NO3/c1-4-43-32(42)31(16-22(2)3)28-18-26(24-9-11-29(12-10-24)33(35,36)37)17-27(19-28)25-6-5-15-41(21-25)20-23-7-13-30(14-8-23)44-34(38,39)40/h7-14,17-19,22,25,31H,4-6,15-16,20-21H2,1-3H3. The fourth-order valence-corrected chi connectivity index (χ4v) is 5.74. The van der Waals surface area contributed by atoms with Crippen LogP contribution in [-0.2, 0) is 22.3 Å². The maximum atomic E-state index is 13.3. The van der Waals surface area contributed by atoms with Crippen molar-refractivity contribution >= 4 is 5.97 Å². The Bertz CT molecular complexity index is 1380. The van der Waals surface area contributed by atoms with E-state index in [2.05, 4.69) is 9.64 Å². The molecule has 1 heterocycles. The normalized spacial score (nSPS) is 17.0. The highest BCUT2D eigenvalue weighted by molar-refractivity contribution is 5.79. The summed E-state index contributed by atoms with van der Waals surface area (Å²) < 4.78 is 86.8. The number of benzene rings is 3. The molecular weight excluding hydrogens is 584 g/mol. The first-order valence-electron chi connectivity index (χ1n) is 14.8. The van der Waals surface area contributed by atoms with Gasteiger partial charge in [0.25, 0.3) is 0 Å². The fourth-order valence-electron chi connectivity index (χ4n) is 5.74. The van der Waals surface area contributed by atoms with E-state index in [0.717, 1.165) is 53.8 Å². The average molecular weight is 622 g/mol. The molecule has 44 heavy (non-hydrogen) atoms. The molecule has 238 valence electrons. The second-order valence-corrected chi connectivity index (χ2v) is 11.7. The highest BCUT2D eigenvalue weighted by Crippen LogP contribution is 2.37. The molecule has 10 heteroatoms. The molecule has 0 spiro atoms. The van der Waals surface area contributed by atoms with E-state index in [9.17, 15) is 31.1 Å². The molecule has 0 saturated carbocycles. The first-order valence-corrected chi connectivity index (χ1v) is 14.8. The van der Waals surface area contributed by atoms with Crippen molar-refractivity contribution in [1.29, 1.82) is 0 Å². The van der Waals surface area contributed by atoms with Crippen molar-refractivity contribution in [2.75, 3.05) is 19.7 Å². The van der Waals surface area contributed by atoms with Gasteiger partial charge in [0, 0.05) is 13.1 Å². The highest BCUT2D eigenvalue weighted by Gasteiger charge is 2.32. The molecule has 1 saturated heterocycles. The van der Waals surface area contributed by atoms with Crippen LogP contribution in [0.5, 0.6) is 5.75 Å². The van der Waals surface area contributed by atoms with Crippen LogP contribution in [0, 0.1) is 5.92 Å². The lowest BCUT2D eigenvalue weighted by Gasteiger charge is -2.34. The van der Waals surface area contributed by atoms with E-state index in [1.54, 1.807) is 19.1 Å². The van der Waals surface area contributed by atoms with E-state index >= 15 is 0 Å². The molecule has 1 aliphatic heterocycles. The predicted octanol–water partition coefficient (Wildman–Crippen LogP) is 9.34. The van der Waals surface area contributed by atoms with Gasteiger partial charge < -0.3 is 9.47 Å². The molecule has 1 aliphatic rings. The molecule has 4 nitrogen and oxygen atoms in total. The Kier molecular flexibility index (Phi) is 10.7. The number of alkyl halides is 6. The average Bonchev–Trinajstić information content (AvgIpc) is 2.96. The Hall–Kier alpha value is -3.53. The molecule has 3 aromatic rings. The molecule has 0 radical (unpaired) electrons. The second-order valence-electron chi connectivity index (χ2n) is 11.7. The SMILES string of the molecule is CCOC(=O)C(CC(C)C)c1cc(-c2ccc(C(F)(F)F)cc2)cc(C2CCCN(Cc3ccc(OC(F)(F)F)cc3)C2)c1. The minimum Gasteiger partial charge on any atom is -0.466 e. The molecule has 2 unspecified atom stereocenters. The molecule has 4 rings (SSSR count). The predicted molar refractivity (Wildman–Crippen MR) is 156 cm³/mol. The van der Waals surface area contributed by atoms with Gasteiger partial charge in [-0.05, 0) is 96.6 Å². The minimum absolute atomic E-state index is 0.0756. The van der Waals surface area contributed by atoms with Crippen LogP contribution in [0.2, 0.25) is 0 Å². The third-order valence-electron chi connectivity index (χ3n) is 7.74. The molecule has 0 amide bonds. The van der Waals surface area contributed by atoms with Crippen LogP contribution in [0.25, 0.3) is 11.1 Å². The Morgan fingerprint density at radius 2 is 1.61 bits per heavy atom. The third kappa shape index (κ3) is 9.24. The second kappa shape index (κ2) is 14.1. The largest absolute Gasteiger partial charge is 0.573 e. The van der Waals surface area contributed by atoms with Crippen molar-refractivity contribution in [3.63, 3.8) is 0 Å². The lowest BCUT2D eigenvalue weighted by Crippen LogP contribution is -2.34. The summed E-state index contributed by atoms with van der Waals surface area (Å²) in [5, 5.41) is 0. The van der Waals surface area contributed by atoms with E-state index in [1.165, 1.54) is 24.3 Å². The molecule has 1 fully saturated rings. The molecule has 0 aromatic heterocycles. The van der Waals surface area contributed by atoms with Gasteiger partial charge in [-0.25, -0.2) is 0 Å². The van der Waals surface area contributed by atoms with E-state index in [1.807, 2.05) is 32.0 Å². The number of hydrogen-bond acceptors (Lipinski definition) is 4. The van der Waals surface area contributed by atoms with Crippen molar-refractivity contribution in [3.05, 3.63) is 89.0 Å². The maximum Gasteiger partial charge on any atom is 0.573 e. The van der Waals surface area contributed by atoms with Crippen LogP contribution >= 0.6 is 0 Å². The van der Waals surface area contributed by atoms with Crippen molar-refractivity contribution in [1.82, 2.24) is 4.90 Å². The summed E-state index contributed by atoms with van der Waals surface area (Å²) in [7, 11) is 0. The summed E-state index contributed by atoms with van der Waals surface area (Å²) in [5.41, 5.74) is 3.20. The molecular formula is C34H37F6NO3. The lowest BCUT2D eigenvalue weighted by atomic mass is 9.83. The zero-order valence-corrected chi connectivity index (χ0v) is 25.0. The van der Waals surface area contributed by atoms with Crippen molar-refractivity contribution in [2.24, 2.45) is 5.92 Å². The van der Waals surface area contributed by atoms with Gasteiger partial charge in [-0.2, -0.15) is 13.2 Å².